The molecule has 0 radical (unpaired) electrons. The van der Waals surface area contributed by atoms with E-state index < -0.39 is 6.10 Å². The molecule has 30 heavy (non-hydrogen) atoms. The Balaban J connectivity index is 1.43. The molecule has 1 saturated heterocycles. The second-order valence-corrected chi connectivity index (χ2v) is 9.72. The number of rotatable bonds is 7. The number of hydrogen-bond acceptors (Lipinski definition) is 5. The van der Waals surface area contributed by atoms with E-state index in [1.54, 1.807) is 0 Å². The summed E-state index contributed by atoms with van der Waals surface area (Å²) in [5, 5.41) is 0. The van der Waals surface area contributed by atoms with Crippen LogP contribution in [0.15, 0.2) is 12.1 Å². The maximum absolute atomic E-state index is 12.9. The number of carbonyl (C=O) groups is 2. The van der Waals surface area contributed by atoms with Crippen molar-refractivity contribution in [2.45, 2.75) is 88.7 Å². The molecule has 2 aliphatic carbocycles. The Bertz CT molecular complexity index is 865. The van der Waals surface area contributed by atoms with E-state index in [2.05, 4.69) is 24.9 Å². The van der Waals surface area contributed by atoms with Crippen LogP contribution in [0.2, 0.25) is 0 Å². The highest BCUT2D eigenvalue weighted by atomic mass is 16.6. The highest BCUT2D eigenvalue weighted by molar-refractivity contribution is 5.89. The van der Waals surface area contributed by atoms with Crippen molar-refractivity contribution in [1.29, 1.82) is 0 Å². The number of esters is 1. The Hall–Kier alpha value is -1.88. The van der Waals surface area contributed by atoms with Crippen LogP contribution in [-0.4, -0.2) is 42.4 Å². The molecule has 0 N–H and O–H groups in total. The summed E-state index contributed by atoms with van der Waals surface area (Å²) in [5.41, 5.74) is 2.23. The molecule has 4 aliphatic rings. The first-order valence-electron chi connectivity index (χ1n) is 11.8. The first kappa shape index (κ1) is 20.0. The molecule has 1 aromatic rings. The molecule has 2 heterocycles. The molecule has 0 amide bonds. The standard InChI is InChI=1S/C25H33NO4/c1-3-4-5-6-7-8-21(28)29-20-12-9-16-15-18-17-10-11-19(27)24-25(17,13-14-26(18)2)22(16)23(20)30-24/h9,12,17-18,24H,3-8,10-11,13-15H2,1-2H3/t17?,18-,24+,25+/m1/s1. The predicted octanol–water partition coefficient (Wildman–Crippen LogP) is 4.19. The molecule has 5 rings (SSSR count). The number of likely N-dealkylation sites (tertiary alicyclic amines) is 1. The van der Waals surface area contributed by atoms with Crippen LogP contribution in [-0.2, 0) is 21.4 Å². The van der Waals surface area contributed by atoms with Gasteiger partial charge in [0.05, 0.1) is 0 Å². The first-order valence-corrected chi connectivity index (χ1v) is 11.8. The number of carbonyl (C=O) groups excluding carboxylic acids is 2. The average Bonchev–Trinajstić information content (AvgIpc) is 3.09. The van der Waals surface area contributed by atoms with Gasteiger partial charge in [-0.25, -0.2) is 0 Å². The summed E-state index contributed by atoms with van der Waals surface area (Å²) in [4.78, 5) is 27.9. The highest BCUT2D eigenvalue weighted by Crippen LogP contribution is 2.63. The van der Waals surface area contributed by atoms with E-state index in [4.69, 9.17) is 9.47 Å². The van der Waals surface area contributed by atoms with Crippen molar-refractivity contribution in [3.05, 3.63) is 23.3 Å². The fourth-order valence-corrected chi connectivity index (χ4v) is 6.64. The lowest BCUT2D eigenvalue weighted by atomic mass is 9.52. The minimum absolute atomic E-state index is 0.196. The summed E-state index contributed by atoms with van der Waals surface area (Å²) in [6.07, 6.45) is 8.99. The molecular formula is C25H33NO4. The van der Waals surface area contributed by atoms with Gasteiger partial charge >= 0.3 is 5.97 Å². The van der Waals surface area contributed by atoms with Gasteiger partial charge in [0.2, 0.25) is 0 Å². The number of benzene rings is 1. The second kappa shape index (κ2) is 7.67. The monoisotopic (exact) mass is 411 g/mol. The summed E-state index contributed by atoms with van der Waals surface area (Å²) in [7, 11) is 2.21. The SMILES string of the molecule is CCCCCCCC(=O)Oc1ccc2c3c1O[C@H]1C(=O)CCC4[C@@H](C2)N(C)CC[C@@]341. The minimum Gasteiger partial charge on any atom is -0.477 e. The van der Waals surface area contributed by atoms with Crippen LogP contribution in [0, 0.1) is 5.92 Å². The molecule has 5 heteroatoms. The molecule has 1 aromatic carbocycles. The van der Waals surface area contributed by atoms with Crippen LogP contribution < -0.4 is 9.47 Å². The number of hydrogen-bond donors (Lipinski definition) is 0. The zero-order valence-corrected chi connectivity index (χ0v) is 18.2. The molecule has 2 fully saturated rings. The number of ketones is 1. The number of likely N-dealkylation sites (N-methyl/N-ethyl adjacent to an activating group) is 1. The van der Waals surface area contributed by atoms with Gasteiger partial charge < -0.3 is 14.4 Å². The van der Waals surface area contributed by atoms with Crippen molar-refractivity contribution in [2.24, 2.45) is 5.92 Å². The van der Waals surface area contributed by atoms with Gasteiger partial charge in [-0.15, -0.1) is 0 Å². The lowest BCUT2D eigenvalue weighted by molar-refractivity contribution is -0.138. The van der Waals surface area contributed by atoms with Gasteiger partial charge in [0.15, 0.2) is 23.4 Å². The van der Waals surface area contributed by atoms with Gasteiger partial charge in [0.25, 0.3) is 0 Å². The Morgan fingerprint density at radius 1 is 1.27 bits per heavy atom. The molecule has 1 spiro atoms. The van der Waals surface area contributed by atoms with Crippen LogP contribution in [0.25, 0.3) is 0 Å². The summed E-state index contributed by atoms with van der Waals surface area (Å²) < 4.78 is 12.2. The molecule has 4 atom stereocenters. The number of piperidine rings is 1. The predicted molar refractivity (Wildman–Crippen MR) is 114 cm³/mol. The van der Waals surface area contributed by atoms with Crippen molar-refractivity contribution < 1.29 is 19.1 Å². The first-order chi connectivity index (χ1) is 14.6. The van der Waals surface area contributed by atoms with Gasteiger partial charge in [-0.3, -0.25) is 9.59 Å². The lowest BCUT2D eigenvalue weighted by Gasteiger charge is -2.57. The highest BCUT2D eigenvalue weighted by Gasteiger charge is 2.65. The number of Topliss-reactive ketones (excluding diaryl/α,β-unsaturated/α-hetero) is 1. The topological polar surface area (TPSA) is 55.8 Å². The maximum atomic E-state index is 12.9. The second-order valence-electron chi connectivity index (χ2n) is 9.72. The van der Waals surface area contributed by atoms with E-state index in [1.807, 2.05) is 6.07 Å². The molecule has 5 nitrogen and oxygen atoms in total. The summed E-state index contributed by atoms with van der Waals surface area (Å²) in [6, 6.07) is 4.46. The van der Waals surface area contributed by atoms with E-state index >= 15 is 0 Å². The summed E-state index contributed by atoms with van der Waals surface area (Å²) in [6.45, 7) is 3.17. The zero-order valence-electron chi connectivity index (χ0n) is 18.2. The van der Waals surface area contributed by atoms with Crippen LogP contribution in [0.3, 0.4) is 0 Å². The van der Waals surface area contributed by atoms with Crippen LogP contribution >= 0.6 is 0 Å². The van der Waals surface area contributed by atoms with Gasteiger partial charge in [0.1, 0.15) is 0 Å². The van der Waals surface area contributed by atoms with Crippen molar-refractivity contribution in [2.75, 3.05) is 13.6 Å². The van der Waals surface area contributed by atoms with Crippen LogP contribution in [0.5, 0.6) is 11.5 Å². The van der Waals surface area contributed by atoms with Crippen LogP contribution in [0.4, 0.5) is 0 Å². The molecule has 2 bridgehead atoms. The molecule has 0 aromatic heterocycles. The Morgan fingerprint density at radius 3 is 2.93 bits per heavy atom. The van der Waals surface area contributed by atoms with Gasteiger partial charge in [-0.2, -0.15) is 0 Å². The molecule has 162 valence electrons. The number of nitrogens with zero attached hydrogens (tertiary/aromatic N) is 1. The molecule has 2 aliphatic heterocycles. The molecule has 1 unspecified atom stereocenters. The van der Waals surface area contributed by atoms with Crippen molar-refractivity contribution in [1.82, 2.24) is 4.90 Å². The largest absolute Gasteiger partial charge is 0.477 e. The van der Waals surface area contributed by atoms with Crippen LogP contribution in [0.1, 0.15) is 75.8 Å². The Morgan fingerprint density at radius 2 is 2.10 bits per heavy atom. The van der Waals surface area contributed by atoms with Gasteiger partial charge in [0, 0.05) is 29.9 Å². The van der Waals surface area contributed by atoms with Gasteiger partial charge in [-0.05, 0) is 56.8 Å². The zero-order chi connectivity index (χ0) is 20.9. The fourth-order valence-electron chi connectivity index (χ4n) is 6.64. The van der Waals surface area contributed by atoms with E-state index in [9.17, 15) is 9.59 Å². The van der Waals surface area contributed by atoms with Crippen molar-refractivity contribution in [3.63, 3.8) is 0 Å². The third-order valence-electron chi connectivity index (χ3n) is 8.08. The smallest absolute Gasteiger partial charge is 0.311 e. The summed E-state index contributed by atoms with van der Waals surface area (Å²) in [5.74, 6) is 1.66. The average molecular weight is 412 g/mol. The van der Waals surface area contributed by atoms with E-state index in [0.29, 0.717) is 36.3 Å². The fraction of sp³-hybridized carbons (Fsp3) is 0.680. The molecular weight excluding hydrogens is 378 g/mol. The van der Waals surface area contributed by atoms with Crippen molar-refractivity contribution in [3.8, 4) is 11.5 Å². The Labute approximate surface area is 179 Å². The third kappa shape index (κ3) is 2.92. The van der Waals surface area contributed by atoms with Crippen molar-refractivity contribution >= 4 is 11.8 Å². The lowest BCUT2D eigenvalue weighted by Crippen LogP contribution is -2.65. The van der Waals surface area contributed by atoms with E-state index in [0.717, 1.165) is 38.6 Å². The molecule has 1 saturated carbocycles. The Kier molecular flexibility index (Phi) is 5.12. The summed E-state index contributed by atoms with van der Waals surface area (Å²) >= 11 is 0. The van der Waals surface area contributed by atoms with E-state index in [-0.39, 0.29) is 17.2 Å². The maximum Gasteiger partial charge on any atom is 0.311 e. The quantitative estimate of drug-likeness (QED) is 0.383. The van der Waals surface area contributed by atoms with Gasteiger partial charge in [-0.1, -0.05) is 38.7 Å². The minimum atomic E-state index is -0.407. The number of ether oxygens (including phenoxy) is 2. The van der Waals surface area contributed by atoms with E-state index in [1.165, 1.54) is 30.4 Å². The number of unbranched alkanes of at least 4 members (excludes halogenated alkanes) is 4. The normalized spacial score (nSPS) is 31.3. The third-order valence-corrected chi connectivity index (χ3v) is 8.08.